The Morgan fingerprint density at radius 2 is 2.00 bits per heavy atom. The monoisotopic (exact) mass is 299 g/mol. The third-order valence-electron chi connectivity index (χ3n) is 2.80. The second-order valence-electron chi connectivity index (χ2n) is 4.20. The summed E-state index contributed by atoms with van der Waals surface area (Å²) in [5, 5.41) is 4.93. The van der Waals surface area contributed by atoms with E-state index in [2.05, 4.69) is 15.1 Å². The van der Waals surface area contributed by atoms with Gasteiger partial charge in [-0.2, -0.15) is 4.98 Å². The van der Waals surface area contributed by atoms with Gasteiger partial charge in [0.2, 0.25) is 11.7 Å². The molecule has 0 aliphatic heterocycles. The molecule has 0 saturated heterocycles. The SMILES string of the molecule is COc1ccc(-c2noc(CSc3ccccn3)n2)cc1. The van der Waals surface area contributed by atoms with Gasteiger partial charge in [-0.15, -0.1) is 0 Å². The molecule has 106 valence electrons. The molecule has 21 heavy (non-hydrogen) atoms. The van der Waals surface area contributed by atoms with Crippen LogP contribution >= 0.6 is 11.8 Å². The Hall–Kier alpha value is -2.34. The first-order valence-corrected chi connectivity index (χ1v) is 7.34. The van der Waals surface area contributed by atoms with Gasteiger partial charge in [0.15, 0.2) is 0 Å². The van der Waals surface area contributed by atoms with Gasteiger partial charge in [0, 0.05) is 11.8 Å². The van der Waals surface area contributed by atoms with Gasteiger partial charge in [0.05, 0.1) is 17.9 Å². The van der Waals surface area contributed by atoms with Crippen LogP contribution in [0, 0.1) is 0 Å². The smallest absolute Gasteiger partial charge is 0.237 e. The molecule has 0 aliphatic carbocycles. The van der Waals surface area contributed by atoms with Crippen LogP contribution in [0.2, 0.25) is 0 Å². The number of methoxy groups -OCH3 is 1. The summed E-state index contributed by atoms with van der Waals surface area (Å²) >= 11 is 1.56. The number of hydrogen-bond acceptors (Lipinski definition) is 6. The van der Waals surface area contributed by atoms with E-state index in [9.17, 15) is 0 Å². The zero-order chi connectivity index (χ0) is 14.5. The summed E-state index contributed by atoms with van der Waals surface area (Å²) in [7, 11) is 1.64. The fraction of sp³-hybridized carbons (Fsp3) is 0.133. The molecule has 0 fully saturated rings. The van der Waals surface area contributed by atoms with E-state index >= 15 is 0 Å². The molecule has 0 N–H and O–H groups in total. The lowest BCUT2D eigenvalue weighted by Crippen LogP contribution is -1.85. The largest absolute Gasteiger partial charge is 0.497 e. The van der Waals surface area contributed by atoms with E-state index in [0.29, 0.717) is 17.5 Å². The summed E-state index contributed by atoms with van der Waals surface area (Å²) in [6, 6.07) is 13.3. The first-order chi connectivity index (χ1) is 10.3. The van der Waals surface area contributed by atoms with Crippen LogP contribution in [0.1, 0.15) is 5.89 Å². The second kappa shape index (κ2) is 6.41. The molecule has 0 unspecified atom stereocenters. The maximum Gasteiger partial charge on any atom is 0.237 e. The number of nitrogens with zero attached hydrogens (tertiary/aromatic N) is 3. The fourth-order valence-electron chi connectivity index (χ4n) is 1.74. The summed E-state index contributed by atoms with van der Waals surface area (Å²) < 4.78 is 10.4. The normalized spacial score (nSPS) is 10.5. The van der Waals surface area contributed by atoms with Crippen LogP contribution in [0.4, 0.5) is 0 Å². The molecular formula is C15H13N3O2S. The standard InChI is InChI=1S/C15H13N3O2S/c1-19-12-7-5-11(6-8-12)15-17-13(20-18-15)10-21-14-4-2-3-9-16-14/h2-9H,10H2,1H3. The number of benzene rings is 1. The average Bonchev–Trinajstić information content (AvgIpc) is 3.03. The van der Waals surface area contributed by atoms with Gasteiger partial charge in [-0.3, -0.25) is 0 Å². The van der Waals surface area contributed by atoms with E-state index in [1.807, 2.05) is 42.5 Å². The van der Waals surface area contributed by atoms with Crippen LogP contribution in [-0.2, 0) is 5.75 Å². The molecule has 6 heteroatoms. The molecule has 0 aliphatic rings. The maximum atomic E-state index is 5.26. The summed E-state index contributed by atoms with van der Waals surface area (Å²) in [5.41, 5.74) is 0.897. The van der Waals surface area contributed by atoms with Gasteiger partial charge in [-0.25, -0.2) is 4.98 Å². The number of pyridine rings is 1. The molecule has 2 aromatic heterocycles. The summed E-state index contributed by atoms with van der Waals surface area (Å²) in [6.45, 7) is 0. The minimum atomic E-state index is 0.578. The molecule has 3 aromatic rings. The van der Waals surface area contributed by atoms with Crippen molar-refractivity contribution in [2.24, 2.45) is 0 Å². The summed E-state index contributed by atoms with van der Waals surface area (Å²) in [5.74, 6) is 2.55. The highest BCUT2D eigenvalue weighted by molar-refractivity contribution is 7.98. The van der Waals surface area contributed by atoms with Crippen molar-refractivity contribution in [3.05, 3.63) is 54.6 Å². The molecule has 0 radical (unpaired) electrons. The van der Waals surface area contributed by atoms with Gasteiger partial charge < -0.3 is 9.26 Å². The Morgan fingerprint density at radius 3 is 2.71 bits per heavy atom. The van der Waals surface area contributed by atoms with E-state index in [1.165, 1.54) is 0 Å². The molecular weight excluding hydrogens is 286 g/mol. The molecule has 0 amide bonds. The number of thioether (sulfide) groups is 1. The van der Waals surface area contributed by atoms with Crippen molar-refractivity contribution in [3.8, 4) is 17.1 Å². The van der Waals surface area contributed by atoms with E-state index in [-0.39, 0.29) is 0 Å². The molecule has 1 aromatic carbocycles. The van der Waals surface area contributed by atoms with Crippen molar-refractivity contribution < 1.29 is 9.26 Å². The van der Waals surface area contributed by atoms with Crippen LogP contribution in [-0.4, -0.2) is 22.2 Å². The molecule has 0 spiro atoms. The Bertz CT molecular complexity index is 698. The quantitative estimate of drug-likeness (QED) is 0.673. The van der Waals surface area contributed by atoms with Crippen molar-refractivity contribution >= 4 is 11.8 Å². The molecule has 2 heterocycles. The predicted octanol–water partition coefficient (Wildman–Crippen LogP) is 3.43. The molecule has 3 rings (SSSR count). The van der Waals surface area contributed by atoms with Gasteiger partial charge >= 0.3 is 0 Å². The summed E-state index contributed by atoms with van der Waals surface area (Å²) in [6.07, 6.45) is 1.76. The third kappa shape index (κ3) is 3.41. The van der Waals surface area contributed by atoms with E-state index < -0.39 is 0 Å². The van der Waals surface area contributed by atoms with Crippen molar-refractivity contribution in [1.29, 1.82) is 0 Å². The Labute approximate surface area is 126 Å². The average molecular weight is 299 g/mol. The number of rotatable bonds is 5. The van der Waals surface area contributed by atoms with E-state index in [1.54, 1.807) is 25.1 Å². The Morgan fingerprint density at radius 1 is 1.14 bits per heavy atom. The lowest BCUT2D eigenvalue weighted by atomic mass is 10.2. The second-order valence-corrected chi connectivity index (χ2v) is 5.19. The molecule has 0 saturated carbocycles. The van der Waals surface area contributed by atoms with Crippen LogP contribution in [0.25, 0.3) is 11.4 Å². The van der Waals surface area contributed by atoms with E-state index in [4.69, 9.17) is 9.26 Å². The highest BCUT2D eigenvalue weighted by Crippen LogP contribution is 2.23. The van der Waals surface area contributed by atoms with Crippen molar-refractivity contribution in [3.63, 3.8) is 0 Å². The molecule has 0 bridgehead atoms. The van der Waals surface area contributed by atoms with Crippen molar-refractivity contribution in [2.75, 3.05) is 7.11 Å². The van der Waals surface area contributed by atoms with Gasteiger partial charge in [0.1, 0.15) is 5.75 Å². The first kappa shape index (κ1) is 13.6. The van der Waals surface area contributed by atoms with Crippen LogP contribution in [0.5, 0.6) is 5.75 Å². The highest BCUT2D eigenvalue weighted by atomic mass is 32.2. The highest BCUT2D eigenvalue weighted by Gasteiger charge is 2.09. The van der Waals surface area contributed by atoms with Crippen LogP contribution < -0.4 is 4.74 Å². The lowest BCUT2D eigenvalue weighted by molar-refractivity contribution is 0.391. The Balaban J connectivity index is 1.68. The number of hydrogen-bond donors (Lipinski definition) is 0. The van der Waals surface area contributed by atoms with Crippen LogP contribution in [0.15, 0.2) is 58.2 Å². The van der Waals surface area contributed by atoms with Gasteiger partial charge in [0.25, 0.3) is 0 Å². The number of ether oxygens (including phenoxy) is 1. The topological polar surface area (TPSA) is 61.0 Å². The van der Waals surface area contributed by atoms with Crippen molar-refractivity contribution in [2.45, 2.75) is 10.8 Å². The number of aromatic nitrogens is 3. The zero-order valence-corrected chi connectivity index (χ0v) is 12.2. The van der Waals surface area contributed by atoms with Gasteiger partial charge in [-0.1, -0.05) is 23.0 Å². The third-order valence-corrected chi connectivity index (χ3v) is 3.73. The summed E-state index contributed by atoms with van der Waals surface area (Å²) in [4.78, 5) is 8.62. The van der Waals surface area contributed by atoms with E-state index in [0.717, 1.165) is 16.3 Å². The predicted molar refractivity (Wildman–Crippen MR) is 80.1 cm³/mol. The minimum Gasteiger partial charge on any atom is -0.497 e. The molecule has 5 nitrogen and oxygen atoms in total. The van der Waals surface area contributed by atoms with Crippen LogP contribution in [0.3, 0.4) is 0 Å². The minimum absolute atomic E-state index is 0.578. The van der Waals surface area contributed by atoms with Gasteiger partial charge in [-0.05, 0) is 36.4 Å². The fourth-order valence-corrected chi connectivity index (χ4v) is 2.44. The lowest BCUT2D eigenvalue weighted by Gasteiger charge is -1.99. The first-order valence-electron chi connectivity index (χ1n) is 6.36. The zero-order valence-electron chi connectivity index (χ0n) is 11.4. The Kier molecular flexibility index (Phi) is 4.16. The molecule has 0 atom stereocenters. The maximum absolute atomic E-state index is 5.26. The van der Waals surface area contributed by atoms with Crippen molar-refractivity contribution in [1.82, 2.24) is 15.1 Å².